The van der Waals surface area contributed by atoms with E-state index in [9.17, 15) is 8.42 Å². The van der Waals surface area contributed by atoms with Gasteiger partial charge in [-0.3, -0.25) is 0 Å². The standard InChI is InChI=1S/C20H21NO2S/c1-2-6-16-11-13-19(14-12-16)24(22,23)21-15-18-9-5-8-17-7-3-4-10-20(17)18/h3-5,7-14,21H,2,6,15H2,1H3. The Labute approximate surface area is 143 Å². The van der Waals surface area contributed by atoms with Crippen LogP contribution in [0, 0.1) is 0 Å². The predicted molar refractivity (Wildman–Crippen MR) is 98.4 cm³/mol. The monoisotopic (exact) mass is 339 g/mol. The van der Waals surface area contributed by atoms with Crippen molar-refractivity contribution in [2.24, 2.45) is 0 Å². The summed E-state index contributed by atoms with van der Waals surface area (Å²) in [6.45, 7) is 2.39. The zero-order valence-corrected chi connectivity index (χ0v) is 14.5. The van der Waals surface area contributed by atoms with E-state index in [1.807, 2.05) is 54.6 Å². The number of benzene rings is 3. The third kappa shape index (κ3) is 3.66. The summed E-state index contributed by atoms with van der Waals surface area (Å²) in [6, 6.07) is 21.0. The highest BCUT2D eigenvalue weighted by Gasteiger charge is 2.14. The van der Waals surface area contributed by atoms with Crippen LogP contribution in [0.15, 0.2) is 71.6 Å². The second-order valence-corrected chi connectivity index (χ2v) is 7.62. The summed E-state index contributed by atoms with van der Waals surface area (Å²) in [5, 5.41) is 2.18. The van der Waals surface area contributed by atoms with Crippen LogP contribution in [0.1, 0.15) is 24.5 Å². The van der Waals surface area contributed by atoms with Gasteiger partial charge >= 0.3 is 0 Å². The van der Waals surface area contributed by atoms with Crippen molar-refractivity contribution in [2.75, 3.05) is 0 Å². The van der Waals surface area contributed by atoms with Crippen LogP contribution in [0.2, 0.25) is 0 Å². The van der Waals surface area contributed by atoms with Crippen molar-refractivity contribution >= 4 is 20.8 Å². The Morgan fingerprint density at radius 2 is 1.58 bits per heavy atom. The van der Waals surface area contributed by atoms with E-state index in [1.165, 1.54) is 0 Å². The van der Waals surface area contributed by atoms with Gasteiger partial charge in [0.25, 0.3) is 0 Å². The van der Waals surface area contributed by atoms with Crippen LogP contribution in [-0.2, 0) is 23.0 Å². The summed E-state index contributed by atoms with van der Waals surface area (Å²) in [5.41, 5.74) is 2.13. The van der Waals surface area contributed by atoms with Gasteiger partial charge in [0.2, 0.25) is 10.0 Å². The predicted octanol–water partition coefficient (Wildman–Crippen LogP) is 4.27. The maximum absolute atomic E-state index is 12.5. The lowest BCUT2D eigenvalue weighted by atomic mass is 10.1. The highest BCUT2D eigenvalue weighted by Crippen LogP contribution is 2.19. The molecular formula is C20H21NO2S. The Balaban J connectivity index is 1.79. The van der Waals surface area contributed by atoms with Gasteiger partial charge in [-0.25, -0.2) is 13.1 Å². The molecule has 124 valence electrons. The molecule has 0 saturated heterocycles. The van der Waals surface area contributed by atoms with Crippen LogP contribution in [-0.4, -0.2) is 8.42 Å². The van der Waals surface area contributed by atoms with Gasteiger partial charge in [-0.05, 0) is 40.5 Å². The van der Waals surface area contributed by atoms with E-state index in [4.69, 9.17) is 0 Å². The highest BCUT2D eigenvalue weighted by molar-refractivity contribution is 7.89. The Hall–Kier alpha value is -2.17. The summed E-state index contributed by atoms with van der Waals surface area (Å²) in [4.78, 5) is 0.308. The van der Waals surface area contributed by atoms with Crippen molar-refractivity contribution < 1.29 is 8.42 Å². The van der Waals surface area contributed by atoms with Crippen molar-refractivity contribution in [3.63, 3.8) is 0 Å². The number of hydrogen-bond acceptors (Lipinski definition) is 2. The summed E-state index contributed by atoms with van der Waals surface area (Å²) >= 11 is 0. The van der Waals surface area contributed by atoms with Crippen LogP contribution in [0.3, 0.4) is 0 Å². The lowest BCUT2D eigenvalue weighted by molar-refractivity contribution is 0.581. The maximum Gasteiger partial charge on any atom is 0.240 e. The quantitative estimate of drug-likeness (QED) is 0.729. The van der Waals surface area contributed by atoms with Crippen LogP contribution < -0.4 is 4.72 Å². The molecule has 0 spiro atoms. The van der Waals surface area contributed by atoms with E-state index in [2.05, 4.69) is 11.6 Å². The van der Waals surface area contributed by atoms with Gasteiger partial charge in [0.15, 0.2) is 0 Å². The van der Waals surface area contributed by atoms with Gasteiger partial charge in [0.1, 0.15) is 0 Å². The van der Waals surface area contributed by atoms with E-state index in [1.54, 1.807) is 12.1 Å². The van der Waals surface area contributed by atoms with Gasteiger partial charge in [0, 0.05) is 6.54 Å². The number of sulfonamides is 1. The molecule has 3 rings (SSSR count). The molecule has 0 unspecified atom stereocenters. The molecule has 0 heterocycles. The normalized spacial score (nSPS) is 11.7. The number of fused-ring (bicyclic) bond motifs is 1. The fourth-order valence-corrected chi connectivity index (χ4v) is 3.83. The molecule has 0 aliphatic heterocycles. The minimum atomic E-state index is -3.51. The first-order valence-corrected chi connectivity index (χ1v) is 9.64. The fourth-order valence-electron chi connectivity index (χ4n) is 2.83. The minimum absolute atomic E-state index is 0.278. The van der Waals surface area contributed by atoms with Crippen molar-refractivity contribution in [2.45, 2.75) is 31.2 Å². The highest BCUT2D eigenvalue weighted by atomic mass is 32.2. The molecule has 0 aliphatic rings. The van der Waals surface area contributed by atoms with Crippen molar-refractivity contribution in [3.05, 3.63) is 77.9 Å². The van der Waals surface area contributed by atoms with Crippen LogP contribution in [0.5, 0.6) is 0 Å². The number of rotatable bonds is 6. The maximum atomic E-state index is 12.5. The molecule has 4 heteroatoms. The Kier molecular flexibility index (Phi) is 4.97. The van der Waals surface area contributed by atoms with E-state index < -0.39 is 10.0 Å². The van der Waals surface area contributed by atoms with Crippen molar-refractivity contribution in [1.82, 2.24) is 4.72 Å². The summed E-state index contributed by atoms with van der Waals surface area (Å²) < 4.78 is 27.7. The first-order valence-electron chi connectivity index (χ1n) is 8.15. The van der Waals surface area contributed by atoms with Gasteiger partial charge in [-0.2, -0.15) is 0 Å². The molecule has 0 aromatic heterocycles. The molecule has 3 nitrogen and oxygen atoms in total. The van der Waals surface area contributed by atoms with Crippen LogP contribution in [0.4, 0.5) is 0 Å². The van der Waals surface area contributed by atoms with Gasteiger partial charge in [0.05, 0.1) is 4.90 Å². The molecule has 24 heavy (non-hydrogen) atoms. The second kappa shape index (κ2) is 7.16. The molecule has 0 amide bonds. The molecule has 0 radical (unpaired) electrons. The number of aryl methyl sites for hydroxylation is 1. The zero-order valence-electron chi connectivity index (χ0n) is 13.7. The Morgan fingerprint density at radius 3 is 2.33 bits per heavy atom. The first kappa shape index (κ1) is 16.7. The average molecular weight is 339 g/mol. The molecule has 0 fully saturated rings. The van der Waals surface area contributed by atoms with E-state index in [-0.39, 0.29) is 6.54 Å². The lowest BCUT2D eigenvalue weighted by Crippen LogP contribution is -2.23. The topological polar surface area (TPSA) is 46.2 Å². The molecule has 1 N–H and O–H groups in total. The molecule has 3 aromatic rings. The average Bonchev–Trinajstić information content (AvgIpc) is 2.61. The largest absolute Gasteiger partial charge is 0.240 e. The van der Waals surface area contributed by atoms with E-state index >= 15 is 0 Å². The lowest BCUT2D eigenvalue weighted by Gasteiger charge is -2.10. The zero-order chi connectivity index (χ0) is 17.0. The van der Waals surface area contributed by atoms with Gasteiger partial charge in [-0.15, -0.1) is 0 Å². The summed E-state index contributed by atoms with van der Waals surface area (Å²) in [5.74, 6) is 0. The second-order valence-electron chi connectivity index (χ2n) is 5.86. The molecule has 3 aromatic carbocycles. The summed E-state index contributed by atoms with van der Waals surface area (Å²) in [6.07, 6.45) is 2.01. The third-order valence-corrected chi connectivity index (χ3v) is 5.52. The minimum Gasteiger partial charge on any atom is -0.207 e. The smallest absolute Gasteiger partial charge is 0.207 e. The third-order valence-electron chi connectivity index (χ3n) is 4.10. The SMILES string of the molecule is CCCc1ccc(S(=O)(=O)NCc2cccc3ccccc23)cc1. The van der Waals surface area contributed by atoms with E-state index in [0.717, 1.165) is 34.7 Å². The van der Waals surface area contributed by atoms with Gasteiger partial charge < -0.3 is 0 Å². The molecule has 0 bridgehead atoms. The van der Waals surface area contributed by atoms with Crippen LogP contribution >= 0.6 is 0 Å². The number of hydrogen-bond donors (Lipinski definition) is 1. The Morgan fingerprint density at radius 1 is 0.875 bits per heavy atom. The van der Waals surface area contributed by atoms with Crippen LogP contribution in [0.25, 0.3) is 10.8 Å². The summed E-state index contributed by atoms with van der Waals surface area (Å²) in [7, 11) is -3.51. The van der Waals surface area contributed by atoms with Crippen molar-refractivity contribution in [3.8, 4) is 0 Å². The van der Waals surface area contributed by atoms with E-state index in [0.29, 0.717) is 4.90 Å². The Bertz CT molecular complexity index is 926. The molecular weight excluding hydrogens is 318 g/mol. The fraction of sp³-hybridized carbons (Fsp3) is 0.200. The number of nitrogens with one attached hydrogen (secondary N) is 1. The molecule has 0 aliphatic carbocycles. The molecule has 0 atom stereocenters. The van der Waals surface area contributed by atoms with Crippen molar-refractivity contribution in [1.29, 1.82) is 0 Å². The first-order chi connectivity index (χ1) is 11.6. The van der Waals surface area contributed by atoms with Gasteiger partial charge in [-0.1, -0.05) is 67.9 Å². The molecule has 0 saturated carbocycles.